The summed E-state index contributed by atoms with van der Waals surface area (Å²) in [5.41, 5.74) is 5.04. The smallest absolute Gasteiger partial charge is 0.260 e. The van der Waals surface area contributed by atoms with E-state index in [1.165, 1.54) is 0 Å². The molecule has 0 radical (unpaired) electrons. The van der Waals surface area contributed by atoms with Crippen LogP contribution in [0.2, 0.25) is 0 Å². The van der Waals surface area contributed by atoms with Gasteiger partial charge >= 0.3 is 0 Å². The van der Waals surface area contributed by atoms with Crippen LogP contribution in [0.5, 0.6) is 0 Å². The molecule has 2 N–H and O–H groups in total. The lowest BCUT2D eigenvalue weighted by molar-refractivity contribution is 0.172. The van der Waals surface area contributed by atoms with E-state index in [-0.39, 0.29) is 5.59 Å². The van der Waals surface area contributed by atoms with Crippen molar-refractivity contribution < 1.29 is 9.53 Å². The fraction of sp³-hybridized carbons (Fsp3) is 0.750. The van der Waals surface area contributed by atoms with E-state index in [1.54, 1.807) is 0 Å². The van der Waals surface area contributed by atoms with Crippen molar-refractivity contribution in [3.63, 3.8) is 0 Å². The molecule has 0 saturated heterocycles. The second kappa shape index (κ2) is 4.80. The van der Waals surface area contributed by atoms with Gasteiger partial charge in [-0.25, -0.2) is 0 Å². The first-order chi connectivity index (χ1) is 3.77. The van der Waals surface area contributed by atoms with Crippen molar-refractivity contribution in [1.82, 2.24) is 0 Å². The van der Waals surface area contributed by atoms with Crippen LogP contribution < -0.4 is 5.73 Å². The Hall–Kier alpha value is -0.353. The van der Waals surface area contributed by atoms with Gasteiger partial charge in [-0.3, -0.25) is 4.79 Å². The van der Waals surface area contributed by atoms with Gasteiger partial charge < -0.3 is 10.5 Å². The molecule has 4 heteroatoms. The van der Waals surface area contributed by atoms with E-state index in [9.17, 15) is 4.79 Å². The third-order valence-electron chi connectivity index (χ3n) is 0.654. The average molecular weight is 133 g/mol. The van der Waals surface area contributed by atoms with E-state index < -0.39 is 0 Å². The van der Waals surface area contributed by atoms with Crippen LogP contribution in [0.1, 0.15) is 6.42 Å². The maximum atomic E-state index is 10.1. The molecule has 0 atom stereocenters. The molecule has 0 amide bonds. The van der Waals surface area contributed by atoms with Crippen LogP contribution >= 0.6 is 0 Å². The lowest BCUT2D eigenvalue weighted by Gasteiger charge is -1.96. The topological polar surface area (TPSA) is 52.3 Å². The number of nitrogens with two attached hydrogens (primary N) is 1. The van der Waals surface area contributed by atoms with Crippen LogP contribution in [0.4, 0.5) is 4.79 Å². The van der Waals surface area contributed by atoms with Crippen molar-refractivity contribution >= 4 is 15.8 Å². The maximum Gasteiger partial charge on any atom is 0.260 e. The largest absolute Gasteiger partial charge is 0.471 e. The van der Waals surface area contributed by atoms with Gasteiger partial charge in [-0.1, -0.05) is 0 Å². The Kier molecular flexibility index (Phi) is 4.59. The first-order valence-electron chi connectivity index (χ1n) is 2.61. The van der Waals surface area contributed by atoms with Gasteiger partial charge in [-0.15, -0.1) is 0 Å². The lowest BCUT2D eigenvalue weighted by atomic mass is 10.5. The summed E-state index contributed by atoms with van der Waals surface area (Å²) in [5, 5.41) is 0. The second-order valence-electron chi connectivity index (χ2n) is 1.48. The molecule has 0 aliphatic rings. The molecule has 0 spiro atoms. The molecule has 0 unspecified atom stereocenters. The Morgan fingerprint density at radius 2 is 2.38 bits per heavy atom. The molecule has 0 bridgehead atoms. The van der Waals surface area contributed by atoms with Gasteiger partial charge in [0.05, 0.1) is 6.61 Å². The highest BCUT2D eigenvalue weighted by Gasteiger charge is 1.87. The Labute approximate surface area is 51.6 Å². The van der Waals surface area contributed by atoms with Gasteiger partial charge in [-0.2, -0.15) is 0 Å². The molecule has 0 heterocycles. The Morgan fingerprint density at radius 3 is 2.75 bits per heavy atom. The van der Waals surface area contributed by atoms with Gasteiger partial charge in [0.1, 0.15) is 10.2 Å². The zero-order valence-electron chi connectivity index (χ0n) is 5.02. The summed E-state index contributed by atoms with van der Waals surface area (Å²) in [6.07, 6.45) is 0.772. The van der Waals surface area contributed by atoms with Crippen molar-refractivity contribution in [2.24, 2.45) is 5.73 Å². The molecule has 0 aromatic rings. The van der Waals surface area contributed by atoms with Gasteiger partial charge in [0.25, 0.3) is 5.59 Å². The van der Waals surface area contributed by atoms with E-state index >= 15 is 0 Å². The second-order valence-corrected chi connectivity index (χ2v) is 2.30. The van der Waals surface area contributed by atoms with Crippen LogP contribution in [0.15, 0.2) is 0 Å². The number of rotatable bonds is 3. The summed E-state index contributed by atoms with van der Waals surface area (Å²) in [6, 6.07) is 0. The zero-order valence-corrected chi connectivity index (χ0v) is 7.02. The molecular weight excluding hydrogens is 122 g/mol. The van der Waals surface area contributed by atoms with Crippen molar-refractivity contribution in [3.05, 3.63) is 0 Å². The third-order valence-corrected chi connectivity index (χ3v) is 0.942. The Balaban J connectivity index is 2.82. The molecule has 8 heavy (non-hydrogen) atoms. The monoisotopic (exact) mass is 133 g/mol. The highest BCUT2D eigenvalue weighted by molar-refractivity contribution is 6.55. The third kappa shape index (κ3) is 5.65. The highest BCUT2D eigenvalue weighted by Crippen LogP contribution is 1.78. The lowest BCUT2D eigenvalue weighted by Crippen LogP contribution is -2.07. The van der Waals surface area contributed by atoms with Gasteiger partial charge in [0.2, 0.25) is 0 Å². The van der Waals surface area contributed by atoms with Crippen molar-refractivity contribution in [2.75, 3.05) is 13.2 Å². The first kappa shape index (κ1) is 7.65. The van der Waals surface area contributed by atoms with Gasteiger partial charge in [0, 0.05) is 0 Å². The molecule has 0 fully saturated rings. The normalized spacial score (nSPS) is 9.12. The molecule has 0 rings (SSSR count). The van der Waals surface area contributed by atoms with E-state index in [2.05, 4.69) is 4.74 Å². The van der Waals surface area contributed by atoms with E-state index in [0.29, 0.717) is 23.4 Å². The predicted octanol–water partition coefficient (Wildman–Crippen LogP) is -1.16. The van der Waals surface area contributed by atoms with Crippen LogP contribution in [-0.2, 0) is 4.74 Å². The summed E-state index contributed by atoms with van der Waals surface area (Å²) in [6.45, 7) is 1.08. The van der Waals surface area contributed by atoms with Crippen molar-refractivity contribution in [3.8, 4) is 0 Å². The average Bonchev–Trinajstić information content (AvgIpc) is 1.66. The number of carbonyl (C=O) groups is 1. The minimum atomic E-state index is -0.0987. The number of ether oxygens (including phenoxy) is 1. The summed E-state index contributed by atoms with van der Waals surface area (Å²) in [7, 11) is 0.484. The predicted molar refractivity (Wildman–Crippen MR) is 35.0 cm³/mol. The van der Waals surface area contributed by atoms with Crippen molar-refractivity contribution in [2.45, 2.75) is 6.42 Å². The molecule has 0 aliphatic heterocycles. The Morgan fingerprint density at radius 1 is 1.75 bits per heavy atom. The summed E-state index contributed by atoms with van der Waals surface area (Å²) in [5.74, 6) is 0. The summed E-state index contributed by atoms with van der Waals surface area (Å²) < 4.78 is 4.63. The fourth-order valence-electron chi connectivity index (χ4n) is 0.299. The minimum absolute atomic E-state index is 0.0987. The number of hydrogen-bond acceptors (Lipinski definition) is 3. The maximum absolute atomic E-state index is 10.1. The molecule has 0 aliphatic carbocycles. The van der Waals surface area contributed by atoms with Crippen molar-refractivity contribution in [1.29, 1.82) is 0 Å². The molecule has 0 aromatic heterocycles. The minimum Gasteiger partial charge on any atom is -0.471 e. The quantitative estimate of drug-likeness (QED) is 0.390. The molecule has 3 nitrogen and oxygen atoms in total. The zero-order chi connectivity index (χ0) is 6.41. The summed E-state index contributed by atoms with van der Waals surface area (Å²) >= 11 is 0. The Bertz CT molecular complexity index is 76.4. The summed E-state index contributed by atoms with van der Waals surface area (Å²) in [4.78, 5) is 10.1. The van der Waals surface area contributed by atoms with E-state index in [1.807, 2.05) is 0 Å². The molecule has 0 saturated carbocycles. The fourth-order valence-corrected chi connectivity index (χ4v) is 0.503. The van der Waals surface area contributed by atoms with Gasteiger partial charge in [0.15, 0.2) is 0 Å². The molecule has 48 valence electrons. The van der Waals surface area contributed by atoms with Gasteiger partial charge in [-0.05, 0) is 13.0 Å². The van der Waals surface area contributed by atoms with Crippen LogP contribution in [0, 0.1) is 0 Å². The number of carbonyl (C=O) groups excluding carboxylic acids is 1. The van der Waals surface area contributed by atoms with E-state index in [4.69, 9.17) is 5.73 Å². The van der Waals surface area contributed by atoms with E-state index in [0.717, 1.165) is 6.42 Å². The number of hydrogen-bond donors (Lipinski definition) is 1. The van der Waals surface area contributed by atoms with Crippen LogP contribution in [0.25, 0.3) is 0 Å². The highest BCUT2D eigenvalue weighted by atomic mass is 28.1. The van der Waals surface area contributed by atoms with Crippen LogP contribution in [-0.4, -0.2) is 29.0 Å². The van der Waals surface area contributed by atoms with Crippen LogP contribution in [0.3, 0.4) is 0 Å². The SMILES string of the molecule is NCCCOC(=O)[SiH3]. The standard InChI is InChI=1S/C4H11NO2Si/c5-2-1-3-7-4(6)8/h1-3,5H2,8H3. The first-order valence-corrected chi connectivity index (χ1v) is 3.61. The molecular formula is C4H11NO2Si. The molecule has 0 aromatic carbocycles.